The maximum absolute atomic E-state index is 11.8. The van der Waals surface area contributed by atoms with Crippen LogP contribution in [0.1, 0.15) is 90.9 Å². The summed E-state index contributed by atoms with van der Waals surface area (Å²) in [7, 11) is 1.23. The van der Waals surface area contributed by atoms with Gasteiger partial charge in [0.15, 0.2) is 10.6 Å². The van der Waals surface area contributed by atoms with Crippen LogP contribution in [0.5, 0.6) is 5.75 Å². The first kappa shape index (κ1) is 31.3. The summed E-state index contributed by atoms with van der Waals surface area (Å²) >= 11 is 1.29. The molecule has 0 radical (unpaired) electrons. The number of carbonyl (C=O) groups is 1. The van der Waals surface area contributed by atoms with E-state index in [4.69, 9.17) is 19.0 Å². The Balaban J connectivity index is 1.71. The van der Waals surface area contributed by atoms with Crippen molar-refractivity contribution < 1.29 is 23.8 Å². The molecule has 1 aromatic carbocycles. The highest BCUT2D eigenvalue weighted by Gasteiger charge is 2.25. The van der Waals surface area contributed by atoms with Crippen molar-refractivity contribution in [3.8, 4) is 5.75 Å². The Morgan fingerprint density at radius 1 is 1.08 bits per heavy atom. The fourth-order valence-electron chi connectivity index (χ4n) is 4.61. The summed E-state index contributed by atoms with van der Waals surface area (Å²) in [4.78, 5) is 17.5. The van der Waals surface area contributed by atoms with Gasteiger partial charge in [0.05, 0.1) is 13.2 Å². The summed E-state index contributed by atoms with van der Waals surface area (Å²) in [5.41, 5.74) is 0.437. The number of nitrogens with zero attached hydrogens (tertiary/aromatic N) is 1. The van der Waals surface area contributed by atoms with Crippen LogP contribution in [0.4, 0.5) is 0 Å². The first-order chi connectivity index (χ1) is 17.6. The van der Waals surface area contributed by atoms with Gasteiger partial charge in [-0.15, -0.1) is 0 Å². The van der Waals surface area contributed by atoms with Gasteiger partial charge < -0.3 is 19.0 Å². The highest BCUT2D eigenvalue weighted by Crippen LogP contribution is 2.30. The lowest BCUT2D eigenvalue weighted by Gasteiger charge is -2.31. The zero-order valence-corrected chi connectivity index (χ0v) is 25.1. The minimum atomic E-state index is -0.550. The zero-order valence-electron chi connectivity index (χ0n) is 22.8. The van der Waals surface area contributed by atoms with Crippen molar-refractivity contribution in [1.82, 2.24) is 4.73 Å². The van der Waals surface area contributed by atoms with Gasteiger partial charge in [-0.2, -0.15) is 0 Å². The summed E-state index contributed by atoms with van der Waals surface area (Å²) in [5.74, 6) is 0.814. The van der Waals surface area contributed by atoms with Crippen LogP contribution in [0.25, 0.3) is 0 Å². The predicted octanol–water partition coefficient (Wildman–Crippen LogP) is 6.48. The molecule has 1 saturated heterocycles. The third kappa shape index (κ3) is 14.7. The maximum Gasteiger partial charge on any atom is 0.189 e. The van der Waals surface area contributed by atoms with E-state index in [2.05, 4.69) is 11.7 Å². The molecule has 0 aromatic heterocycles. The number of hydrogen-bond donors (Lipinski definition) is 0. The van der Waals surface area contributed by atoms with Crippen LogP contribution in [0.3, 0.4) is 0 Å². The highest BCUT2D eigenvalue weighted by atomic mass is 32.2. The Labute approximate surface area is 226 Å². The van der Waals surface area contributed by atoms with E-state index in [1.807, 2.05) is 30.3 Å². The van der Waals surface area contributed by atoms with E-state index in [-0.39, 0.29) is 16.7 Å². The Hall–Kier alpha value is -0.903. The van der Waals surface area contributed by atoms with E-state index in [1.165, 1.54) is 50.3 Å². The van der Waals surface area contributed by atoms with Crippen molar-refractivity contribution in [3.63, 3.8) is 0 Å². The number of hydrogen-bond acceptors (Lipinski definition) is 7. The van der Waals surface area contributed by atoms with E-state index >= 15 is 0 Å². The molecule has 8 heteroatoms. The van der Waals surface area contributed by atoms with Crippen molar-refractivity contribution >= 4 is 26.6 Å². The number of hydroxylamine groups is 1. The Bertz CT molecular complexity index is 683. The fourth-order valence-corrected chi connectivity index (χ4v) is 7.32. The van der Waals surface area contributed by atoms with Crippen LogP contribution in [-0.4, -0.2) is 58.1 Å². The third-order valence-corrected chi connectivity index (χ3v) is 9.96. The average Bonchev–Trinajstić information content (AvgIpc) is 2.86. The molecule has 0 bridgehead atoms. The number of unbranched alkanes of at least 4 members (excludes halogenated alkanes) is 6. The molecule has 3 unspecified atom stereocenters. The molecule has 3 atom stereocenters. The van der Waals surface area contributed by atoms with E-state index < -0.39 is 9.68 Å². The second-order valence-electron chi connectivity index (χ2n) is 9.79. The van der Waals surface area contributed by atoms with Gasteiger partial charge in [0, 0.05) is 20.1 Å². The molecule has 0 spiro atoms. The van der Waals surface area contributed by atoms with Crippen LogP contribution in [0.15, 0.2) is 30.3 Å². The van der Waals surface area contributed by atoms with Crippen molar-refractivity contribution in [2.24, 2.45) is 0 Å². The maximum atomic E-state index is 11.8. The third-order valence-electron chi connectivity index (χ3n) is 6.72. The van der Waals surface area contributed by atoms with Gasteiger partial charge >= 0.3 is 0 Å². The van der Waals surface area contributed by atoms with Crippen molar-refractivity contribution in [2.45, 2.75) is 108 Å². The van der Waals surface area contributed by atoms with Crippen molar-refractivity contribution in [3.05, 3.63) is 30.3 Å². The van der Waals surface area contributed by atoms with Gasteiger partial charge in [-0.3, -0.25) is 4.79 Å². The molecule has 1 aromatic rings. The molecular weight excluding hydrogens is 490 g/mol. The molecule has 1 aliphatic rings. The summed E-state index contributed by atoms with van der Waals surface area (Å²) in [6.07, 6.45) is 14.3. The van der Waals surface area contributed by atoms with Gasteiger partial charge in [-0.1, -0.05) is 63.6 Å². The summed E-state index contributed by atoms with van der Waals surface area (Å²) in [6, 6.07) is 9.78. The smallest absolute Gasteiger partial charge is 0.189 e. The van der Waals surface area contributed by atoms with E-state index in [9.17, 15) is 4.79 Å². The number of carbonyl (C=O) groups excluding carboxylic acids is 1. The van der Waals surface area contributed by atoms with Crippen LogP contribution in [0, 0.1) is 0 Å². The fraction of sp³-hybridized carbons (Fsp3) is 0.750. The molecule has 1 fully saturated rings. The van der Waals surface area contributed by atoms with Gasteiger partial charge in [0.1, 0.15) is 22.2 Å². The zero-order chi connectivity index (χ0) is 25.8. The van der Waals surface area contributed by atoms with E-state index in [0.29, 0.717) is 12.3 Å². The van der Waals surface area contributed by atoms with Crippen LogP contribution < -0.4 is 4.74 Å². The minimum absolute atomic E-state index is 0.0920. The SMILES string of the molecule is CCCCCCCCCOCOC1CCC(CCC(Oc2ccccc2)SC(C)=O)[SiH2]N(OC)CC1. The van der Waals surface area contributed by atoms with E-state index in [0.717, 1.165) is 57.4 Å². The first-order valence-electron chi connectivity index (χ1n) is 14.0. The largest absolute Gasteiger partial charge is 0.479 e. The Kier molecular flexibility index (Phi) is 17.5. The van der Waals surface area contributed by atoms with Gasteiger partial charge in [-0.05, 0) is 68.0 Å². The molecule has 0 amide bonds. The quantitative estimate of drug-likeness (QED) is 0.120. The van der Waals surface area contributed by atoms with Crippen LogP contribution in [-0.2, 0) is 19.1 Å². The molecule has 2 rings (SSSR count). The molecule has 1 aliphatic heterocycles. The van der Waals surface area contributed by atoms with Crippen LogP contribution in [0.2, 0.25) is 5.54 Å². The summed E-state index contributed by atoms with van der Waals surface area (Å²) in [5, 5.41) is 0.0920. The lowest BCUT2D eigenvalue weighted by atomic mass is 10.1. The molecule has 0 aliphatic carbocycles. The Morgan fingerprint density at radius 2 is 1.83 bits per heavy atom. The predicted molar refractivity (Wildman–Crippen MR) is 152 cm³/mol. The minimum Gasteiger partial charge on any atom is -0.479 e. The van der Waals surface area contributed by atoms with E-state index in [1.54, 1.807) is 14.0 Å². The van der Waals surface area contributed by atoms with Gasteiger partial charge in [0.25, 0.3) is 0 Å². The second kappa shape index (κ2) is 20.1. The standard InChI is InChI=1S/C28H49NO5SSi/c1-4-5-6-7-8-9-13-22-32-23-33-25-16-17-27(36-29(31-3)21-20-25)18-19-28(35-24(2)30)34-26-14-11-10-12-15-26/h10-12,14-15,25,27-28H,4-9,13,16-23,36H2,1-3H3. The average molecular weight is 540 g/mol. The number of para-hydroxylation sites is 1. The van der Waals surface area contributed by atoms with Crippen molar-refractivity contribution in [2.75, 3.05) is 27.1 Å². The number of ether oxygens (including phenoxy) is 3. The molecular formula is C28H49NO5SSi. The van der Waals surface area contributed by atoms with Crippen molar-refractivity contribution in [1.29, 1.82) is 0 Å². The lowest BCUT2D eigenvalue weighted by Crippen LogP contribution is -2.36. The number of rotatable bonds is 18. The second-order valence-corrected chi connectivity index (χ2v) is 13.3. The molecule has 36 heavy (non-hydrogen) atoms. The molecule has 0 saturated carbocycles. The summed E-state index contributed by atoms with van der Waals surface area (Å²) < 4.78 is 20.2. The number of thioether (sulfide) groups is 1. The normalized spacial score (nSPS) is 20.6. The molecule has 1 heterocycles. The highest BCUT2D eigenvalue weighted by molar-refractivity contribution is 8.13. The topological polar surface area (TPSA) is 57.2 Å². The first-order valence-corrected chi connectivity index (χ1v) is 16.3. The molecule has 206 valence electrons. The lowest BCUT2D eigenvalue weighted by molar-refractivity contribution is -0.110. The molecule has 6 nitrogen and oxygen atoms in total. The monoisotopic (exact) mass is 539 g/mol. The summed E-state index contributed by atoms with van der Waals surface area (Å²) in [6.45, 7) is 5.95. The van der Waals surface area contributed by atoms with Gasteiger partial charge in [0.2, 0.25) is 0 Å². The van der Waals surface area contributed by atoms with Crippen LogP contribution >= 0.6 is 11.8 Å². The van der Waals surface area contributed by atoms with Gasteiger partial charge in [-0.25, -0.2) is 4.73 Å². The number of benzene rings is 1. The Morgan fingerprint density at radius 3 is 2.56 bits per heavy atom. The molecule has 0 N–H and O–H groups in total.